The number of rotatable bonds is 5. The van der Waals surface area contributed by atoms with Gasteiger partial charge in [-0.3, -0.25) is 14.3 Å². The van der Waals surface area contributed by atoms with Gasteiger partial charge in [-0.2, -0.15) is 5.10 Å². The Labute approximate surface area is 195 Å². The van der Waals surface area contributed by atoms with Gasteiger partial charge in [0.05, 0.1) is 12.2 Å². The molecule has 0 bridgehead atoms. The van der Waals surface area contributed by atoms with Crippen LogP contribution in [0.2, 0.25) is 0 Å². The quantitative estimate of drug-likeness (QED) is 0.706. The summed E-state index contributed by atoms with van der Waals surface area (Å²) < 4.78 is 15.2. The highest BCUT2D eigenvalue weighted by molar-refractivity contribution is 5.99. The fourth-order valence-corrected chi connectivity index (χ4v) is 4.91. The maximum absolute atomic E-state index is 13.7. The molecule has 1 aromatic carbocycles. The topological polar surface area (TPSA) is 67.2 Å². The Bertz CT molecular complexity index is 992. The lowest BCUT2D eigenvalue weighted by molar-refractivity contribution is -0.134. The van der Waals surface area contributed by atoms with E-state index in [1.807, 2.05) is 26.8 Å². The molecule has 1 saturated carbocycles. The van der Waals surface area contributed by atoms with Gasteiger partial charge in [-0.15, -0.1) is 0 Å². The molecule has 2 amide bonds. The van der Waals surface area contributed by atoms with Crippen LogP contribution >= 0.6 is 0 Å². The number of amides is 2. The summed E-state index contributed by atoms with van der Waals surface area (Å²) in [7, 11) is 0. The van der Waals surface area contributed by atoms with E-state index in [0.29, 0.717) is 12.2 Å². The molecule has 1 unspecified atom stereocenters. The smallest absolute Gasteiger partial charge is 0.273 e. The van der Waals surface area contributed by atoms with Crippen molar-refractivity contribution >= 4 is 11.8 Å². The number of carbonyl (C=O) groups is 2. The predicted octanol–water partition coefficient (Wildman–Crippen LogP) is 4.79. The number of fused-ring (bicyclic) bond motifs is 1. The maximum Gasteiger partial charge on any atom is 0.273 e. The molecule has 178 valence electrons. The van der Waals surface area contributed by atoms with E-state index >= 15 is 0 Å². The average molecular weight is 455 g/mol. The second-order valence-electron chi connectivity index (χ2n) is 10.1. The normalized spacial score (nSPS) is 22.1. The minimum Gasteiger partial charge on any atom is -0.351 e. The molecule has 33 heavy (non-hydrogen) atoms. The van der Waals surface area contributed by atoms with Gasteiger partial charge >= 0.3 is 0 Å². The summed E-state index contributed by atoms with van der Waals surface area (Å²) in [4.78, 5) is 29.0. The second-order valence-corrected chi connectivity index (χ2v) is 10.1. The fraction of sp³-hybridized carbons (Fsp3) is 0.577. The molecule has 0 radical (unpaired) electrons. The summed E-state index contributed by atoms with van der Waals surface area (Å²) in [5, 5.41) is 7.91. The van der Waals surface area contributed by atoms with Crippen molar-refractivity contribution in [2.45, 2.75) is 96.3 Å². The SMILES string of the molecule is CC(C)c1cc2n(n1)CC(C)(C(=O)NC1CCCCCCC1)N(Cc1ccc(F)cc1)C2=O. The lowest BCUT2D eigenvalue weighted by Gasteiger charge is -2.44. The molecule has 1 aliphatic carbocycles. The Balaban J connectivity index is 1.65. The van der Waals surface area contributed by atoms with Crippen LogP contribution in [0.5, 0.6) is 0 Å². The Morgan fingerprint density at radius 2 is 1.79 bits per heavy atom. The van der Waals surface area contributed by atoms with Gasteiger partial charge in [0.2, 0.25) is 5.91 Å². The lowest BCUT2D eigenvalue weighted by Crippen LogP contribution is -2.64. The highest BCUT2D eigenvalue weighted by atomic mass is 19.1. The second kappa shape index (κ2) is 9.65. The van der Waals surface area contributed by atoms with Gasteiger partial charge in [0, 0.05) is 12.6 Å². The van der Waals surface area contributed by atoms with E-state index in [9.17, 15) is 14.0 Å². The lowest BCUT2D eigenvalue weighted by atomic mass is 9.91. The fourth-order valence-electron chi connectivity index (χ4n) is 4.91. The third-order valence-corrected chi connectivity index (χ3v) is 7.09. The number of halogens is 1. The van der Waals surface area contributed by atoms with Crippen LogP contribution in [-0.2, 0) is 17.9 Å². The van der Waals surface area contributed by atoms with Crippen molar-refractivity contribution < 1.29 is 14.0 Å². The van der Waals surface area contributed by atoms with Gasteiger partial charge in [0.25, 0.3) is 5.91 Å². The zero-order chi connectivity index (χ0) is 23.6. The molecule has 1 N–H and O–H groups in total. The van der Waals surface area contributed by atoms with Crippen LogP contribution < -0.4 is 5.32 Å². The monoisotopic (exact) mass is 454 g/mol. The molecule has 4 rings (SSSR count). The summed E-state index contributed by atoms with van der Waals surface area (Å²) in [5.74, 6) is -0.513. The molecule has 7 heteroatoms. The highest BCUT2D eigenvalue weighted by Gasteiger charge is 2.48. The predicted molar refractivity (Wildman–Crippen MR) is 125 cm³/mol. The van der Waals surface area contributed by atoms with E-state index in [1.54, 1.807) is 21.7 Å². The summed E-state index contributed by atoms with van der Waals surface area (Å²) >= 11 is 0. The first-order valence-corrected chi connectivity index (χ1v) is 12.2. The molecular weight excluding hydrogens is 419 g/mol. The van der Waals surface area contributed by atoms with Crippen LogP contribution in [0, 0.1) is 5.82 Å². The minimum atomic E-state index is -1.10. The van der Waals surface area contributed by atoms with Gasteiger partial charge in [-0.25, -0.2) is 4.39 Å². The highest BCUT2D eigenvalue weighted by Crippen LogP contribution is 2.31. The standard InChI is InChI=1S/C26H35FN4O2/c1-18(2)22-15-23-24(32)30(16-19-11-13-20(27)14-12-19)26(3,17-31(23)29-22)25(33)28-21-9-7-5-4-6-8-10-21/h11-15,18,21H,4-10,16-17H2,1-3H3,(H,28,33). The molecule has 1 aromatic heterocycles. The molecule has 0 saturated heterocycles. The zero-order valence-corrected chi connectivity index (χ0v) is 19.9. The maximum atomic E-state index is 13.7. The number of hydrogen-bond acceptors (Lipinski definition) is 3. The van der Waals surface area contributed by atoms with Crippen molar-refractivity contribution in [2.24, 2.45) is 0 Å². The largest absolute Gasteiger partial charge is 0.351 e. The van der Waals surface area contributed by atoms with Gasteiger partial charge in [-0.05, 0) is 49.4 Å². The van der Waals surface area contributed by atoms with Gasteiger partial charge in [-0.1, -0.05) is 58.1 Å². The minimum absolute atomic E-state index is 0.127. The van der Waals surface area contributed by atoms with Crippen molar-refractivity contribution in [3.8, 4) is 0 Å². The van der Waals surface area contributed by atoms with Crippen LogP contribution in [0.4, 0.5) is 4.39 Å². The summed E-state index contributed by atoms with van der Waals surface area (Å²) in [5.41, 5.74) is 1.02. The Hall–Kier alpha value is -2.70. The molecule has 2 heterocycles. The van der Waals surface area contributed by atoms with Crippen molar-refractivity contribution in [1.29, 1.82) is 0 Å². The van der Waals surface area contributed by atoms with Gasteiger partial charge in [0.1, 0.15) is 17.1 Å². The van der Waals surface area contributed by atoms with Gasteiger partial charge < -0.3 is 10.2 Å². The number of benzene rings is 1. The van der Waals surface area contributed by atoms with E-state index in [0.717, 1.165) is 36.9 Å². The van der Waals surface area contributed by atoms with Crippen molar-refractivity contribution in [1.82, 2.24) is 20.0 Å². The average Bonchev–Trinajstić information content (AvgIpc) is 3.18. The zero-order valence-electron chi connectivity index (χ0n) is 19.9. The van der Waals surface area contributed by atoms with Crippen LogP contribution in [0.1, 0.15) is 93.4 Å². The molecule has 0 spiro atoms. The summed E-state index contributed by atoms with van der Waals surface area (Å²) in [6.45, 7) is 6.42. The van der Waals surface area contributed by atoms with Crippen LogP contribution in [0.25, 0.3) is 0 Å². The number of hydrogen-bond donors (Lipinski definition) is 1. The molecule has 1 fully saturated rings. The molecule has 6 nitrogen and oxygen atoms in total. The first kappa shape index (κ1) is 23.5. The van der Waals surface area contributed by atoms with E-state index in [4.69, 9.17) is 0 Å². The van der Waals surface area contributed by atoms with Crippen molar-refractivity contribution in [3.63, 3.8) is 0 Å². The third-order valence-electron chi connectivity index (χ3n) is 7.09. The molecule has 2 aromatic rings. The third kappa shape index (κ3) is 4.97. The first-order valence-electron chi connectivity index (χ1n) is 12.2. The molecule has 1 aliphatic heterocycles. The van der Waals surface area contributed by atoms with Crippen LogP contribution in [0.15, 0.2) is 30.3 Å². The Morgan fingerprint density at radius 1 is 1.15 bits per heavy atom. The van der Waals surface area contributed by atoms with E-state index in [1.165, 1.54) is 31.4 Å². The summed E-state index contributed by atoms with van der Waals surface area (Å²) in [6.07, 6.45) is 7.83. The van der Waals surface area contributed by atoms with E-state index in [2.05, 4.69) is 10.4 Å². The van der Waals surface area contributed by atoms with Crippen molar-refractivity contribution in [2.75, 3.05) is 0 Å². The molecule has 2 aliphatic rings. The number of aromatic nitrogens is 2. The van der Waals surface area contributed by atoms with Crippen LogP contribution in [0.3, 0.4) is 0 Å². The van der Waals surface area contributed by atoms with E-state index < -0.39 is 5.54 Å². The number of nitrogens with one attached hydrogen (secondary N) is 1. The number of carbonyl (C=O) groups excluding carboxylic acids is 2. The van der Waals surface area contributed by atoms with Crippen molar-refractivity contribution in [3.05, 3.63) is 53.1 Å². The Morgan fingerprint density at radius 3 is 2.42 bits per heavy atom. The van der Waals surface area contributed by atoms with E-state index in [-0.39, 0.29) is 36.1 Å². The first-order chi connectivity index (χ1) is 15.8. The summed E-state index contributed by atoms with van der Waals surface area (Å²) in [6, 6.07) is 8.06. The molecular formula is C26H35FN4O2. The van der Waals surface area contributed by atoms with Gasteiger partial charge in [0.15, 0.2) is 0 Å². The Kier molecular flexibility index (Phi) is 6.86. The van der Waals surface area contributed by atoms with Crippen LogP contribution in [-0.4, -0.2) is 38.1 Å². The molecule has 1 atom stereocenters. The number of nitrogens with zero attached hydrogens (tertiary/aromatic N) is 3.